The molecular formula is C54H45N3Si. The molecule has 0 saturated carbocycles. The van der Waals surface area contributed by atoms with Crippen LogP contribution in [0.1, 0.15) is 22.9 Å². The van der Waals surface area contributed by atoms with Crippen LogP contribution >= 0.6 is 0 Å². The van der Waals surface area contributed by atoms with Gasteiger partial charge >= 0.3 is 0 Å². The molecule has 4 heteroatoms. The molecule has 58 heavy (non-hydrogen) atoms. The van der Waals surface area contributed by atoms with Crippen LogP contribution in [0.3, 0.4) is 0 Å². The van der Waals surface area contributed by atoms with Crippen LogP contribution in [0.25, 0.3) is 55.6 Å². The van der Waals surface area contributed by atoms with Crippen molar-refractivity contribution in [3.8, 4) is 55.6 Å². The molecular weight excluding hydrogens is 719 g/mol. The summed E-state index contributed by atoms with van der Waals surface area (Å²) in [7, 11) is -1.35. The highest BCUT2D eigenvalue weighted by molar-refractivity contribution is 6.88. The first kappa shape index (κ1) is 36.7. The Labute approximate surface area is 343 Å². The quantitative estimate of drug-likeness (QED) is 0.146. The van der Waals surface area contributed by atoms with Crippen LogP contribution in [0.2, 0.25) is 19.6 Å². The molecule has 280 valence electrons. The topological polar surface area (TPSA) is 36.8 Å². The average molecular weight is 764 g/mol. The van der Waals surface area contributed by atoms with Gasteiger partial charge in [-0.2, -0.15) is 0 Å². The van der Waals surface area contributed by atoms with Gasteiger partial charge in [0.15, 0.2) is 6.17 Å². The minimum absolute atomic E-state index is 0.408. The van der Waals surface area contributed by atoms with E-state index < -0.39 is 14.2 Å². The van der Waals surface area contributed by atoms with Crippen LogP contribution in [-0.4, -0.2) is 19.7 Å². The van der Waals surface area contributed by atoms with Crippen molar-refractivity contribution in [2.45, 2.75) is 25.8 Å². The van der Waals surface area contributed by atoms with Crippen molar-refractivity contribution in [2.24, 2.45) is 9.98 Å². The van der Waals surface area contributed by atoms with E-state index in [-0.39, 0.29) is 0 Å². The number of hydrogen-bond acceptors (Lipinski definition) is 3. The molecule has 1 N–H and O–H groups in total. The Hall–Kier alpha value is -6.88. The van der Waals surface area contributed by atoms with Crippen LogP contribution < -0.4 is 10.5 Å². The van der Waals surface area contributed by atoms with E-state index >= 15 is 0 Å². The first-order valence-corrected chi connectivity index (χ1v) is 23.5. The van der Waals surface area contributed by atoms with Crippen molar-refractivity contribution < 1.29 is 0 Å². The highest BCUT2D eigenvalue weighted by atomic mass is 28.3. The molecule has 0 amide bonds. The molecule has 0 saturated heterocycles. The number of nitrogens with zero attached hydrogens (tertiary/aromatic N) is 2. The number of nitrogens with one attached hydrogen (secondary N) is 1. The fraction of sp³-hybridized carbons (Fsp3) is 0.0741. The summed E-state index contributed by atoms with van der Waals surface area (Å²) in [5.41, 5.74) is 15.0. The smallest absolute Gasteiger partial charge is 0.169 e. The Bertz CT molecular complexity index is 2760. The number of amidine groups is 2. The van der Waals surface area contributed by atoms with Crippen molar-refractivity contribution in [1.82, 2.24) is 5.32 Å². The van der Waals surface area contributed by atoms with Crippen LogP contribution in [0.4, 0.5) is 0 Å². The van der Waals surface area contributed by atoms with Gasteiger partial charge in [-0.25, -0.2) is 9.98 Å². The third-order valence-electron chi connectivity index (χ3n) is 10.9. The molecule has 0 aromatic heterocycles. The first-order valence-electron chi connectivity index (χ1n) is 20.0. The van der Waals surface area contributed by atoms with Crippen molar-refractivity contribution in [1.29, 1.82) is 0 Å². The van der Waals surface area contributed by atoms with Gasteiger partial charge in [-0.1, -0.05) is 207 Å². The van der Waals surface area contributed by atoms with Crippen molar-refractivity contribution in [2.75, 3.05) is 0 Å². The van der Waals surface area contributed by atoms with Crippen molar-refractivity contribution >= 4 is 24.9 Å². The Balaban J connectivity index is 1.01. The van der Waals surface area contributed by atoms with E-state index in [1.54, 1.807) is 0 Å². The summed E-state index contributed by atoms with van der Waals surface area (Å²) >= 11 is 0. The van der Waals surface area contributed by atoms with Crippen LogP contribution in [-0.2, 0) is 0 Å². The zero-order valence-electron chi connectivity index (χ0n) is 33.1. The van der Waals surface area contributed by atoms with E-state index in [0.29, 0.717) is 0 Å². The third-order valence-corrected chi connectivity index (χ3v) is 13.0. The summed E-state index contributed by atoms with van der Waals surface area (Å²) < 4.78 is 0. The Morgan fingerprint density at radius 1 is 0.328 bits per heavy atom. The predicted octanol–water partition coefficient (Wildman–Crippen LogP) is 13.1. The monoisotopic (exact) mass is 763 g/mol. The Morgan fingerprint density at radius 3 is 1.14 bits per heavy atom. The molecule has 0 fully saturated rings. The number of rotatable bonds is 9. The molecule has 0 radical (unpaired) electrons. The number of aliphatic imine (C=N–C) groups is 2. The lowest BCUT2D eigenvalue weighted by Gasteiger charge is -2.23. The molecule has 0 aliphatic carbocycles. The van der Waals surface area contributed by atoms with E-state index in [0.717, 1.165) is 39.5 Å². The second-order valence-corrected chi connectivity index (χ2v) is 21.0. The molecule has 1 aliphatic rings. The summed E-state index contributed by atoms with van der Waals surface area (Å²) in [6, 6.07) is 73.8. The van der Waals surface area contributed by atoms with Gasteiger partial charge in [0.1, 0.15) is 11.7 Å². The van der Waals surface area contributed by atoms with E-state index in [9.17, 15) is 0 Å². The number of hydrogen-bond donors (Lipinski definition) is 1. The molecule has 8 aromatic carbocycles. The molecule has 0 bridgehead atoms. The zero-order chi connectivity index (χ0) is 39.5. The van der Waals surface area contributed by atoms with Gasteiger partial charge < -0.3 is 5.32 Å². The van der Waals surface area contributed by atoms with Gasteiger partial charge in [0.05, 0.1) is 8.07 Å². The molecule has 1 atom stereocenters. The molecule has 1 aliphatic heterocycles. The zero-order valence-corrected chi connectivity index (χ0v) is 34.1. The molecule has 0 spiro atoms. The molecule has 3 nitrogen and oxygen atoms in total. The van der Waals surface area contributed by atoms with Crippen LogP contribution in [0, 0.1) is 0 Å². The molecule has 1 unspecified atom stereocenters. The van der Waals surface area contributed by atoms with E-state index in [1.165, 1.54) is 49.7 Å². The lowest BCUT2D eigenvalue weighted by molar-refractivity contribution is 0.756. The Morgan fingerprint density at radius 2 is 0.655 bits per heavy atom. The van der Waals surface area contributed by atoms with Crippen molar-refractivity contribution in [3.63, 3.8) is 0 Å². The summed E-state index contributed by atoms with van der Waals surface area (Å²) in [6.45, 7) is 7.18. The van der Waals surface area contributed by atoms with Gasteiger partial charge in [-0.3, -0.25) is 0 Å². The highest BCUT2D eigenvalue weighted by Gasteiger charge is 2.21. The van der Waals surface area contributed by atoms with Gasteiger partial charge in [0, 0.05) is 11.1 Å². The normalized spacial score (nSPS) is 13.9. The number of benzene rings is 8. The predicted molar refractivity (Wildman–Crippen MR) is 248 cm³/mol. The lowest BCUT2D eigenvalue weighted by atomic mass is 9.94. The van der Waals surface area contributed by atoms with Crippen molar-refractivity contribution in [3.05, 3.63) is 223 Å². The van der Waals surface area contributed by atoms with Gasteiger partial charge in [0.25, 0.3) is 0 Å². The van der Waals surface area contributed by atoms with Gasteiger partial charge in [-0.05, 0) is 85.5 Å². The maximum Gasteiger partial charge on any atom is 0.169 e. The van der Waals surface area contributed by atoms with Crippen LogP contribution in [0.5, 0.6) is 0 Å². The largest absolute Gasteiger partial charge is 0.324 e. The second-order valence-electron chi connectivity index (χ2n) is 16.0. The summed E-state index contributed by atoms with van der Waals surface area (Å²) in [5.74, 6) is 1.61. The maximum absolute atomic E-state index is 5.20. The van der Waals surface area contributed by atoms with Gasteiger partial charge in [-0.15, -0.1) is 0 Å². The fourth-order valence-corrected chi connectivity index (χ4v) is 8.78. The van der Waals surface area contributed by atoms with Gasteiger partial charge in [0.2, 0.25) is 0 Å². The second kappa shape index (κ2) is 15.9. The first-order chi connectivity index (χ1) is 28.3. The van der Waals surface area contributed by atoms with E-state index in [4.69, 9.17) is 9.98 Å². The summed E-state index contributed by atoms with van der Waals surface area (Å²) in [6.07, 6.45) is -0.408. The third kappa shape index (κ3) is 8.01. The molecule has 1 heterocycles. The minimum atomic E-state index is -1.35. The highest BCUT2D eigenvalue weighted by Crippen LogP contribution is 2.34. The Kier molecular flexibility index (Phi) is 10.1. The molecule has 8 aromatic rings. The SMILES string of the molecule is C[Si](C)(C)c1ccc(-c2cccc(-c3cccc(-c4cccc(-c5cccc(C6N=C(c7ccccc7)NC(c7ccc(-c8ccccc8)cc7)=N6)c5)c4)c3)c2)cc1. The fourth-order valence-electron chi connectivity index (χ4n) is 7.62. The summed E-state index contributed by atoms with van der Waals surface area (Å²) in [5, 5.41) is 5.03. The standard InChI is InChI=1S/C54H45N3Si/c1-58(2,3)51-32-30-40(31-33-51)43-18-10-19-44(34-43)45-20-11-21-46(35-45)47-22-12-23-48(36-47)49-24-13-25-50(37-49)54-56-52(41-16-8-5-9-17-41)55-53(57-54)42-28-26-39(27-29-42)38-14-6-4-7-15-38/h4-37,54H,1-3H3,(H,55,56,57). The van der Waals surface area contributed by atoms with Crippen LogP contribution in [0.15, 0.2) is 216 Å². The minimum Gasteiger partial charge on any atom is -0.324 e. The van der Waals surface area contributed by atoms with E-state index in [2.05, 4.69) is 207 Å². The molecule has 9 rings (SSSR count). The van der Waals surface area contributed by atoms with E-state index in [1.807, 2.05) is 24.3 Å². The maximum atomic E-state index is 5.20. The lowest BCUT2D eigenvalue weighted by Crippen LogP contribution is -2.37. The average Bonchev–Trinajstić information content (AvgIpc) is 3.29. The summed E-state index contributed by atoms with van der Waals surface area (Å²) in [4.78, 5) is 10.4.